The number of likely N-dealkylation sites (tertiary alicyclic amines) is 1. The Morgan fingerprint density at radius 2 is 1.96 bits per heavy atom. The maximum Gasteiger partial charge on any atom is 0.254 e. The van der Waals surface area contributed by atoms with Crippen LogP contribution >= 0.6 is 11.6 Å². The van der Waals surface area contributed by atoms with E-state index in [1.165, 1.54) is 0 Å². The molecule has 2 aromatic carbocycles. The maximum atomic E-state index is 13.1. The molecule has 0 aromatic heterocycles. The van der Waals surface area contributed by atoms with Crippen LogP contribution in [0.4, 0.5) is 0 Å². The Morgan fingerprint density at radius 3 is 2.68 bits per heavy atom. The SMILES string of the molecule is CCOc1cccc(C(=O)N2CC(C)CC2C(=O)NCc2ccc(Cl)cc2)c1. The Bertz CT molecular complexity index is 838. The van der Waals surface area contributed by atoms with E-state index in [2.05, 4.69) is 12.2 Å². The number of benzene rings is 2. The largest absolute Gasteiger partial charge is 0.494 e. The predicted octanol–water partition coefficient (Wildman–Crippen LogP) is 3.91. The average Bonchev–Trinajstić information content (AvgIpc) is 3.09. The van der Waals surface area contributed by atoms with Crippen LogP contribution in [0.15, 0.2) is 48.5 Å². The first-order valence-corrected chi connectivity index (χ1v) is 9.91. The second-order valence-electron chi connectivity index (χ2n) is 7.12. The molecule has 5 nitrogen and oxygen atoms in total. The van der Waals surface area contributed by atoms with Gasteiger partial charge in [0.25, 0.3) is 5.91 Å². The quantitative estimate of drug-likeness (QED) is 0.799. The van der Waals surface area contributed by atoms with Crippen LogP contribution in [-0.2, 0) is 11.3 Å². The number of nitrogens with zero attached hydrogens (tertiary/aromatic N) is 1. The second-order valence-corrected chi connectivity index (χ2v) is 7.56. The van der Waals surface area contributed by atoms with Gasteiger partial charge in [-0.15, -0.1) is 0 Å². The lowest BCUT2D eigenvalue weighted by atomic mass is 10.1. The average molecular weight is 401 g/mol. The van der Waals surface area contributed by atoms with E-state index in [1.54, 1.807) is 35.2 Å². The van der Waals surface area contributed by atoms with E-state index in [0.29, 0.717) is 42.5 Å². The Labute approximate surface area is 170 Å². The first-order chi connectivity index (χ1) is 13.5. The highest BCUT2D eigenvalue weighted by Crippen LogP contribution is 2.26. The third-order valence-corrected chi connectivity index (χ3v) is 5.10. The van der Waals surface area contributed by atoms with Crippen molar-refractivity contribution < 1.29 is 14.3 Å². The predicted molar refractivity (Wildman–Crippen MR) is 110 cm³/mol. The molecule has 1 saturated heterocycles. The van der Waals surface area contributed by atoms with Gasteiger partial charge in [0, 0.05) is 23.7 Å². The van der Waals surface area contributed by atoms with Crippen molar-refractivity contribution in [1.82, 2.24) is 10.2 Å². The number of ether oxygens (including phenoxy) is 1. The van der Waals surface area contributed by atoms with Gasteiger partial charge in [-0.1, -0.05) is 36.7 Å². The van der Waals surface area contributed by atoms with Crippen LogP contribution < -0.4 is 10.1 Å². The number of carbonyl (C=O) groups excluding carboxylic acids is 2. The van der Waals surface area contributed by atoms with Gasteiger partial charge in [-0.3, -0.25) is 9.59 Å². The fraction of sp³-hybridized carbons (Fsp3) is 0.364. The van der Waals surface area contributed by atoms with Gasteiger partial charge in [0.15, 0.2) is 0 Å². The molecular weight excluding hydrogens is 376 g/mol. The molecular formula is C22H25ClN2O3. The van der Waals surface area contributed by atoms with Crippen molar-refractivity contribution in [2.45, 2.75) is 32.9 Å². The monoisotopic (exact) mass is 400 g/mol. The standard InChI is InChI=1S/C22H25ClN2O3/c1-3-28-19-6-4-5-17(12-19)22(27)25-14-15(2)11-20(25)21(26)24-13-16-7-9-18(23)10-8-16/h4-10,12,15,20H,3,11,13-14H2,1-2H3,(H,24,26). The molecule has 0 bridgehead atoms. The van der Waals surface area contributed by atoms with E-state index in [0.717, 1.165) is 5.56 Å². The van der Waals surface area contributed by atoms with Crippen LogP contribution in [0.1, 0.15) is 36.2 Å². The molecule has 2 unspecified atom stereocenters. The van der Waals surface area contributed by atoms with Crippen molar-refractivity contribution >= 4 is 23.4 Å². The molecule has 0 saturated carbocycles. The minimum Gasteiger partial charge on any atom is -0.494 e. The molecule has 2 amide bonds. The van der Waals surface area contributed by atoms with E-state index in [-0.39, 0.29) is 17.7 Å². The molecule has 1 heterocycles. The molecule has 3 rings (SSSR count). The summed E-state index contributed by atoms with van der Waals surface area (Å²) in [6.45, 7) is 5.47. The van der Waals surface area contributed by atoms with Gasteiger partial charge in [0.1, 0.15) is 11.8 Å². The lowest BCUT2D eigenvalue weighted by molar-refractivity contribution is -0.125. The van der Waals surface area contributed by atoms with Gasteiger partial charge >= 0.3 is 0 Å². The Morgan fingerprint density at radius 1 is 1.21 bits per heavy atom. The van der Waals surface area contributed by atoms with Crippen molar-refractivity contribution in [1.29, 1.82) is 0 Å². The van der Waals surface area contributed by atoms with Crippen LogP contribution in [0.2, 0.25) is 5.02 Å². The maximum absolute atomic E-state index is 13.1. The highest BCUT2D eigenvalue weighted by molar-refractivity contribution is 6.30. The summed E-state index contributed by atoms with van der Waals surface area (Å²) in [7, 11) is 0. The molecule has 0 aliphatic carbocycles. The fourth-order valence-corrected chi connectivity index (χ4v) is 3.61. The third kappa shape index (κ3) is 4.84. The molecule has 1 N–H and O–H groups in total. The first-order valence-electron chi connectivity index (χ1n) is 9.54. The third-order valence-electron chi connectivity index (χ3n) is 4.85. The molecule has 1 fully saturated rings. The molecule has 2 atom stereocenters. The highest BCUT2D eigenvalue weighted by atomic mass is 35.5. The lowest BCUT2D eigenvalue weighted by Gasteiger charge is -2.24. The van der Waals surface area contributed by atoms with Crippen molar-refractivity contribution in [2.75, 3.05) is 13.2 Å². The number of amides is 2. The van der Waals surface area contributed by atoms with Crippen LogP contribution in [0.25, 0.3) is 0 Å². The Kier molecular flexibility index (Phi) is 6.57. The Hall–Kier alpha value is -2.53. The zero-order valence-corrected chi connectivity index (χ0v) is 16.9. The van der Waals surface area contributed by atoms with Gasteiger partial charge in [0.2, 0.25) is 5.91 Å². The number of halogens is 1. The molecule has 1 aliphatic heterocycles. The number of hydrogen-bond donors (Lipinski definition) is 1. The molecule has 148 valence electrons. The van der Waals surface area contributed by atoms with Gasteiger partial charge in [-0.25, -0.2) is 0 Å². The first kappa shape index (κ1) is 20.2. The minimum absolute atomic E-state index is 0.131. The summed E-state index contributed by atoms with van der Waals surface area (Å²) in [6, 6.07) is 14.0. The van der Waals surface area contributed by atoms with Crippen molar-refractivity contribution in [3.8, 4) is 5.75 Å². The van der Waals surface area contributed by atoms with Crippen molar-refractivity contribution in [3.05, 3.63) is 64.7 Å². The summed E-state index contributed by atoms with van der Waals surface area (Å²) in [6.07, 6.45) is 0.656. The highest BCUT2D eigenvalue weighted by Gasteiger charge is 2.38. The normalized spacial score (nSPS) is 18.8. The van der Waals surface area contributed by atoms with E-state index in [1.807, 2.05) is 25.1 Å². The van der Waals surface area contributed by atoms with Gasteiger partial charge in [0.05, 0.1) is 6.61 Å². The topological polar surface area (TPSA) is 58.6 Å². The van der Waals surface area contributed by atoms with E-state index in [9.17, 15) is 9.59 Å². The molecule has 0 spiro atoms. The number of nitrogens with one attached hydrogen (secondary N) is 1. The summed E-state index contributed by atoms with van der Waals surface area (Å²) in [5, 5.41) is 3.61. The van der Waals surface area contributed by atoms with Crippen molar-refractivity contribution in [2.24, 2.45) is 5.92 Å². The van der Waals surface area contributed by atoms with Crippen LogP contribution in [-0.4, -0.2) is 35.9 Å². The Balaban J connectivity index is 1.69. The summed E-state index contributed by atoms with van der Waals surface area (Å²) < 4.78 is 5.49. The zero-order valence-electron chi connectivity index (χ0n) is 16.2. The van der Waals surface area contributed by atoms with Crippen LogP contribution in [0, 0.1) is 5.92 Å². The van der Waals surface area contributed by atoms with Gasteiger partial charge < -0.3 is 15.0 Å². The number of rotatable bonds is 6. The van der Waals surface area contributed by atoms with Crippen LogP contribution in [0.3, 0.4) is 0 Å². The zero-order chi connectivity index (χ0) is 20.1. The smallest absolute Gasteiger partial charge is 0.254 e. The summed E-state index contributed by atoms with van der Waals surface area (Å²) in [5.41, 5.74) is 1.50. The van der Waals surface area contributed by atoms with Crippen LogP contribution in [0.5, 0.6) is 5.75 Å². The number of hydrogen-bond acceptors (Lipinski definition) is 3. The molecule has 28 heavy (non-hydrogen) atoms. The van der Waals surface area contributed by atoms with E-state index >= 15 is 0 Å². The summed E-state index contributed by atoms with van der Waals surface area (Å²) >= 11 is 5.90. The molecule has 1 aliphatic rings. The minimum atomic E-state index is -0.467. The molecule has 2 aromatic rings. The van der Waals surface area contributed by atoms with Crippen molar-refractivity contribution in [3.63, 3.8) is 0 Å². The van der Waals surface area contributed by atoms with E-state index < -0.39 is 6.04 Å². The molecule has 0 radical (unpaired) electrons. The fourth-order valence-electron chi connectivity index (χ4n) is 3.48. The second kappa shape index (κ2) is 9.11. The lowest BCUT2D eigenvalue weighted by Crippen LogP contribution is -2.45. The molecule has 6 heteroatoms. The van der Waals surface area contributed by atoms with E-state index in [4.69, 9.17) is 16.3 Å². The van der Waals surface area contributed by atoms with Gasteiger partial charge in [-0.05, 0) is 55.2 Å². The summed E-state index contributed by atoms with van der Waals surface area (Å²) in [4.78, 5) is 27.5. The van der Waals surface area contributed by atoms with Gasteiger partial charge in [-0.2, -0.15) is 0 Å². The number of carbonyl (C=O) groups is 2. The summed E-state index contributed by atoms with van der Waals surface area (Å²) in [5.74, 6) is 0.654.